The minimum Gasteiger partial charge on any atom is -0.312 e. The minimum atomic E-state index is 0. The van der Waals surface area contributed by atoms with E-state index in [0.29, 0.717) is 0 Å². The van der Waals surface area contributed by atoms with Gasteiger partial charge in [-0.3, -0.25) is 0 Å². The maximum Gasteiger partial charge on any atom is 1.00 e. The zero-order valence-corrected chi connectivity index (χ0v) is 5.98. The lowest BCUT2D eigenvalue weighted by Crippen LogP contribution is -3.00. The van der Waals surface area contributed by atoms with Gasteiger partial charge in [0, 0.05) is 0 Å². The van der Waals surface area contributed by atoms with Crippen LogP contribution in [0.25, 0.3) is 0 Å². The molecule has 0 rings (SSSR count). The van der Waals surface area contributed by atoms with Gasteiger partial charge in [-0.25, -0.2) is 0 Å². The molecule has 0 spiro atoms. The second kappa shape index (κ2) is 4.69. The van der Waals surface area contributed by atoms with Gasteiger partial charge in [0.2, 0.25) is 0 Å². The fourth-order valence-corrected chi connectivity index (χ4v) is 0. The van der Waals surface area contributed by atoms with Crippen LogP contribution in [0.5, 0.6) is 0 Å². The van der Waals surface area contributed by atoms with Crippen molar-refractivity contribution in [1.29, 1.82) is 0 Å². The van der Waals surface area contributed by atoms with E-state index in [-0.39, 0.29) is 24.0 Å². The van der Waals surface area contributed by atoms with Crippen molar-refractivity contribution in [2.24, 2.45) is 0 Å². The van der Waals surface area contributed by atoms with Crippen molar-refractivity contribution in [3.05, 3.63) is 0 Å². The number of halogens is 1. The average molecular weight is 186 g/mol. The molecule has 0 aliphatic rings. The van der Waals surface area contributed by atoms with Crippen LogP contribution in [0, 0.1) is 0 Å². The number of hydrogen-bond donors (Lipinski definition) is 0. The number of rotatable bonds is 0. The Hall–Kier alpha value is 0.690. The van der Waals surface area contributed by atoms with Gasteiger partial charge in [-0.05, 0) is 21.1 Å². The molecule has 0 heterocycles. The lowest BCUT2D eigenvalue weighted by molar-refractivity contribution is -0.00000110. The van der Waals surface area contributed by atoms with E-state index in [1.807, 2.05) is 26.0 Å². The van der Waals surface area contributed by atoms with Crippen molar-refractivity contribution < 1.29 is 24.0 Å². The van der Waals surface area contributed by atoms with Gasteiger partial charge in [0.05, 0.1) is 0 Å². The second-order valence-electron chi connectivity index (χ2n) is 1.34. The first-order chi connectivity index (χ1) is 1.73. The van der Waals surface area contributed by atoms with Crippen LogP contribution in [-0.4, -0.2) is 26.0 Å². The molecule has 1 nitrogen and oxygen atoms in total. The predicted molar refractivity (Wildman–Crippen MR) is 19.6 cm³/mol. The normalized spacial score (nSPS) is 7.20. The topological polar surface area (TPSA) is 3.24 Å². The van der Waals surface area contributed by atoms with Crippen LogP contribution >= 0.6 is 0 Å². The van der Waals surface area contributed by atoms with Crippen LogP contribution < -0.4 is 24.0 Å². The second-order valence-corrected chi connectivity index (χ2v) is 1.34. The van der Waals surface area contributed by atoms with Crippen LogP contribution in [0.1, 0.15) is 0 Å². The molecule has 0 aromatic rings. The zero-order chi connectivity index (χ0) is 3.58. The molecule has 0 aromatic carbocycles. The Morgan fingerprint density at radius 3 is 1.00 bits per heavy atom. The summed E-state index contributed by atoms with van der Waals surface area (Å²) in [6.07, 6.45) is 0. The molecular weight excluding hydrogens is 177 g/mol. The summed E-state index contributed by atoms with van der Waals surface area (Å²) < 4.78 is 0. The van der Waals surface area contributed by atoms with Crippen LogP contribution in [0.15, 0.2) is 0 Å². The quantitative estimate of drug-likeness (QED) is 0.369. The molecule has 0 saturated carbocycles. The Morgan fingerprint density at radius 1 is 1.00 bits per heavy atom. The maximum atomic E-state index is 2.00. The van der Waals surface area contributed by atoms with Gasteiger partial charge in [-0.2, -0.15) is 0 Å². The standard InChI is InChI=1S/C3H9N.I/c1-4(2)3;/h1-3H3;/q;+1. The smallest absolute Gasteiger partial charge is 0.312 e. The summed E-state index contributed by atoms with van der Waals surface area (Å²) in [7, 11) is 6.00. The van der Waals surface area contributed by atoms with Crippen molar-refractivity contribution in [3.8, 4) is 0 Å². The van der Waals surface area contributed by atoms with E-state index < -0.39 is 0 Å². The Morgan fingerprint density at radius 2 is 1.00 bits per heavy atom. The predicted octanol–water partition coefficient (Wildman–Crippen LogP) is -2.82. The van der Waals surface area contributed by atoms with Gasteiger partial charge < -0.3 is 4.90 Å². The molecule has 0 aliphatic carbocycles. The molecule has 2 heteroatoms. The van der Waals surface area contributed by atoms with Gasteiger partial charge in [0.1, 0.15) is 0 Å². The fourth-order valence-electron chi connectivity index (χ4n) is 0. The summed E-state index contributed by atoms with van der Waals surface area (Å²) in [4.78, 5) is 2.00. The SMILES string of the molecule is CN(C)C.[I+]. The first-order valence-electron chi connectivity index (χ1n) is 1.34. The van der Waals surface area contributed by atoms with Gasteiger partial charge in [-0.1, -0.05) is 0 Å². The Balaban J connectivity index is 0. The number of hydrogen-bond acceptors (Lipinski definition) is 1. The lowest BCUT2D eigenvalue weighted by Gasteiger charge is -1.90. The summed E-state index contributed by atoms with van der Waals surface area (Å²) in [6.45, 7) is 0. The molecule has 5 heavy (non-hydrogen) atoms. The molecule has 0 aliphatic heterocycles. The molecule has 0 atom stereocenters. The van der Waals surface area contributed by atoms with Crippen LogP contribution in [0.2, 0.25) is 0 Å². The third-order valence-corrected chi connectivity index (χ3v) is 0. The first kappa shape index (κ1) is 9.19. The van der Waals surface area contributed by atoms with Crippen LogP contribution in [0.4, 0.5) is 0 Å². The highest BCUT2D eigenvalue weighted by Gasteiger charge is 1.58. The van der Waals surface area contributed by atoms with E-state index in [0.717, 1.165) is 0 Å². The lowest BCUT2D eigenvalue weighted by atomic mass is 11.0. The van der Waals surface area contributed by atoms with Crippen molar-refractivity contribution in [2.45, 2.75) is 0 Å². The summed E-state index contributed by atoms with van der Waals surface area (Å²) >= 11 is 0. The molecule has 0 N–H and O–H groups in total. The van der Waals surface area contributed by atoms with Crippen LogP contribution in [0.3, 0.4) is 0 Å². The highest BCUT2D eigenvalue weighted by molar-refractivity contribution is 4.09. The van der Waals surface area contributed by atoms with E-state index in [2.05, 4.69) is 0 Å². The third-order valence-electron chi connectivity index (χ3n) is 0. The largest absolute Gasteiger partial charge is 1.00 e. The third kappa shape index (κ3) is 71.3. The average Bonchev–Trinajstić information content (AvgIpc) is 0.811. The van der Waals surface area contributed by atoms with Crippen molar-refractivity contribution in [2.75, 3.05) is 21.1 Å². The minimum absolute atomic E-state index is 0. The molecule has 2 radical (unpaired) electrons. The van der Waals surface area contributed by atoms with Crippen molar-refractivity contribution >= 4 is 0 Å². The highest BCUT2D eigenvalue weighted by Crippen LogP contribution is 1.47. The molecule has 0 unspecified atom stereocenters. The van der Waals surface area contributed by atoms with Crippen molar-refractivity contribution in [1.82, 2.24) is 4.90 Å². The Kier molecular flexibility index (Phi) is 8.62. The Labute approximate surface area is 50.4 Å². The molecule has 0 amide bonds. The molecule has 0 fully saturated rings. The molecule has 0 bridgehead atoms. The van der Waals surface area contributed by atoms with E-state index in [4.69, 9.17) is 0 Å². The fraction of sp³-hybridized carbons (Fsp3) is 1.00. The summed E-state index contributed by atoms with van der Waals surface area (Å²) in [5.74, 6) is 0. The van der Waals surface area contributed by atoms with Gasteiger partial charge >= 0.3 is 24.0 Å². The van der Waals surface area contributed by atoms with Crippen LogP contribution in [-0.2, 0) is 0 Å². The Bertz CT molecular complexity index is 11.6. The zero-order valence-electron chi connectivity index (χ0n) is 3.83. The van der Waals surface area contributed by atoms with E-state index >= 15 is 0 Å². The summed E-state index contributed by atoms with van der Waals surface area (Å²) in [5.41, 5.74) is 0. The first-order valence-corrected chi connectivity index (χ1v) is 1.34. The molecule has 0 saturated heterocycles. The van der Waals surface area contributed by atoms with Gasteiger partial charge in [0.25, 0.3) is 0 Å². The summed E-state index contributed by atoms with van der Waals surface area (Å²) in [5, 5.41) is 0. The molecule has 0 aromatic heterocycles. The van der Waals surface area contributed by atoms with E-state index in [9.17, 15) is 0 Å². The van der Waals surface area contributed by atoms with Gasteiger partial charge in [0.15, 0.2) is 0 Å². The highest BCUT2D eigenvalue weighted by atomic mass is 127. The van der Waals surface area contributed by atoms with Crippen molar-refractivity contribution in [3.63, 3.8) is 0 Å². The maximum absolute atomic E-state index is 2.00. The monoisotopic (exact) mass is 186 g/mol. The number of nitrogens with zero attached hydrogens (tertiary/aromatic N) is 1. The van der Waals surface area contributed by atoms with E-state index in [1.54, 1.807) is 0 Å². The van der Waals surface area contributed by atoms with Gasteiger partial charge in [-0.15, -0.1) is 0 Å². The molecular formula is C3H9IN+. The van der Waals surface area contributed by atoms with E-state index in [1.165, 1.54) is 0 Å². The summed E-state index contributed by atoms with van der Waals surface area (Å²) in [6, 6.07) is 0. The molecule has 32 valence electrons.